The second kappa shape index (κ2) is 7.83. The predicted octanol–water partition coefficient (Wildman–Crippen LogP) is 3.24. The molecule has 0 unspecified atom stereocenters. The minimum absolute atomic E-state index is 0.0899. The van der Waals surface area contributed by atoms with E-state index in [0.29, 0.717) is 16.3 Å². The number of carbonyl (C=O) groups is 3. The number of methoxy groups -OCH3 is 1. The molecule has 3 aromatic rings. The zero-order valence-corrected chi connectivity index (χ0v) is 16.4. The maximum atomic E-state index is 12.6. The van der Waals surface area contributed by atoms with Gasteiger partial charge in [-0.1, -0.05) is 23.7 Å². The Morgan fingerprint density at radius 3 is 2.54 bits per heavy atom. The third-order valence-corrected chi connectivity index (χ3v) is 5.42. The molecule has 28 heavy (non-hydrogen) atoms. The second-order valence-corrected chi connectivity index (χ2v) is 7.20. The van der Waals surface area contributed by atoms with Gasteiger partial charge in [-0.15, -0.1) is 11.3 Å². The number of H-pyrrole nitrogens is 1. The van der Waals surface area contributed by atoms with Gasteiger partial charge < -0.3 is 15.8 Å². The van der Waals surface area contributed by atoms with Gasteiger partial charge in [-0.05, 0) is 30.7 Å². The molecule has 0 atom stereocenters. The molecule has 0 radical (unpaired) electrons. The van der Waals surface area contributed by atoms with E-state index < -0.39 is 17.8 Å². The van der Waals surface area contributed by atoms with Gasteiger partial charge in [-0.25, -0.2) is 4.79 Å². The number of primary amides is 1. The molecular weight excluding hydrogens is 404 g/mol. The zero-order chi connectivity index (χ0) is 20.4. The standard InChI is InChI=1S/C18H15ClN4O4S/c1-8-13(18(26)27-2)17(28-14(8)15(20)24)21-16(25)12-7-11(22-23-12)9-3-5-10(19)6-4-9/h3-7H,1-2H3,(H2,20,24)(H,21,25)(H,22,23). The summed E-state index contributed by atoms with van der Waals surface area (Å²) in [4.78, 5) is 36.4. The van der Waals surface area contributed by atoms with Crippen LogP contribution in [0.1, 0.15) is 36.1 Å². The fourth-order valence-electron chi connectivity index (χ4n) is 2.56. The summed E-state index contributed by atoms with van der Waals surface area (Å²) < 4.78 is 4.74. The summed E-state index contributed by atoms with van der Waals surface area (Å²) in [6, 6.07) is 8.54. The number of aromatic amines is 1. The molecule has 0 aliphatic heterocycles. The first kappa shape index (κ1) is 19.6. The molecule has 2 aromatic heterocycles. The lowest BCUT2D eigenvalue weighted by Gasteiger charge is -2.04. The van der Waals surface area contributed by atoms with Gasteiger partial charge in [-0.3, -0.25) is 14.7 Å². The molecule has 4 N–H and O–H groups in total. The Morgan fingerprint density at radius 1 is 1.25 bits per heavy atom. The Hall–Kier alpha value is -3.17. The summed E-state index contributed by atoms with van der Waals surface area (Å²) in [6.45, 7) is 1.56. The molecule has 0 spiro atoms. The van der Waals surface area contributed by atoms with Crippen molar-refractivity contribution in [2.45, 2.75) is 6.92 Å². The van der Waals surface area contributed by atoms with E-state index in [2.05, 4.69) is 15.5 Å². The first-order valence-electron chi connectivity index (χ1n) is 7.96. The van der Waals surface area contributed by atoms with E-state index in [0.717, 1.165) is 16.9 Å². The number of benzene rings is 1. The number of anilines is 1. The third-order valence-electron chi connectivity index (χ3n) is 3.95. The second-order valence-electron chi connectivity index (χ2n) is 5.74. The van der Waals surface area contributed by atoms with Gasteiger partial charge in [0.1, 0.15) is 10.7 Å². The van der Waals surface area contributed by atoms with E-state index in [9.17, 15) is 14.4 Å². The van der Waals surface area contributed by atoms with Crippen molar-refractivity contribution >= 4 is 45.7 Å². The number of amides is 2. The van der Waals surface area contributed by atoms with Crippen LogP contribution >= 0.6 is 22.9 Å². The SMILES string of the molecule is COC(=O)c1c(NC(=O)c2cc(-c3ccc(Cl)cc3)n[nH]2)sc(C(N)=O)c1C. The van der Waals surface area contributed by atoms with E-state index in [1.807, 2.05) is 0 Å². The van der Waals surface area contributed by atoms with Gasteiger partial charge >= 0.3 is 5.97 Å². The fourth-order valence-corrected chi connectivity index (χ4v) is 3.73. The van der Waals surface area contributed by atoms with Crippen molar-refractivity contribution in [3.05, 3.63) is 57.1 Å². The number of rotatable bonds is 5. The molecule has 0 saturated carbocycles. The highest BCUT2D eigenvalue weighted by atomic mass is 35.5. The number of nitrogens with one attached hydrogen (secondary N) is 2. The van der Waals surface area contributed by atoms with Gasteiger partial charge in [0.05, 0.1) is 23.2 Å². The van der Waals surface area contributed by atoms with Crippen LogP contribution in [0.15, 0.2) is 30.3 Å². The Labute approximate surface area is 168 Å². The topological polar surface area (TPSA) is 127 Å². The highest BCUT2D eigenvalue weighted by Gasteiger charge is 2.26. The summed E-state index contributed by atoms with van der Waals surface area (Å²) in [7, 11) is 1.21. The fraction of sp³-hybridized carbons (Fsp3) is 0.111. The number of nitrogens with two attached hydrogens (primary N) is 1. The summed E-state index contributed by atoms with van der Waals surface area (Å²) in [6.07, 6.45) is 0. The molecular formula is C18H15ClN4O4S. The molecule has 3 rings (SSSR count). The molecule has 0 aliphatic rings. The lowest BCUT2D eigenvalue weighted by atomic mass is 10.1. The third kappa shape index (κ3) is 3.75. The Kier molecular flexibility index (Phi) is 5.48. The van der Waals surface area contributed by atoms with Crippen LogP contribution < -0.4 is 11.1 Å². The Bertz CT molecular complexity index is 1070. The first-order chi connectivity index (χ1) is 13.3. The monoisotopic (exact) mass is 418 g/mol. The minimum atomic E-state index is -0.695. The quantitative estimate of drug-likeness (QED) is 0.548. The van der Waals surface area contributed by atoms with E-state index in [1.54, 1.807) is 37.3 Å². The summed E-state index contributed by atoms with van der Waals surface area (Å²) >= 11 is 6.78. The Balaban J connectivity index is 1.89. The van der Waals surface area contributed by atoms with Gasteiger partial charge in [-0.2, -0.15) is 5.10 Å². The predicted molar refractivity (Wildman–Crippen MR) is 106 cm³/mol. The van der Waals surface area contributed by atoms with Crippen LogP contribution in [0.5, 0.6) is 0 Å². The number of hydrogen-bond donors (Lipinski definition) is 3. The molecule has 0 fully saturated rings. The zero-order valence-electron chi connectivity index (χ0n) is 14.8. The average molecular weight is 419 g/mol. The summed E-state index contributed by atoms with van der Waals surface area (Å²) in [5.74, 6) is -1.90. The van der Waals surface area contributed by atoms with Crippen LogP contribution in [-0.4, -0.2) is 35.1 Å². The highest BCUT2D eigenvalue weighted by Crippen LogP contribution is 2.33. The van der Waals surface area contributed by atoms with E-state index in [1.165, 1.54) is 7.11 Å². The van der Waals surface area contributed by atoms with Crippen molar-refractivity contribution in [2.24, 2.45) is 5.73 Å². The number of carbonyl (C=O) groups excluding carboxylic acids is 3. The van der Waals surface area contributed by atoms with Crippen LogP contribution in [0.4, 0.5) is 5.00 Å². The molecule has 10 heteroatoms. The van der Waals surface area contributed by atoms with Crippen molar-refractivity contribution in [3.8, 4) is 11.3 Å². The molecule has 0 bridgehead atoms. The molecule has 0 saturated heterocycles. The average Bonchev–Trinajstić information content (AvgIpc) is 3.27. The lowest BCUT2D eigenvalue weighted by Crippen LogP contribution is -2.14. The van der Waals surface area contributed by atoms with Crippen LogP contribution in [0.2, 0.25) is 5.02 Å². The molecule has 2 heterocycles. The number of esters is 1. The smallest absolute Gasteiger partial charge is 0.341 e. The molecule has 0 aliphatic carbocycles. The van der Waals surface area contributed by atoms with Gasteiger partial charge in [0.2, 0.25) is 0 Å². The van der Waals surface area contributed by atoms with Crippen LogP contribution in [0.25, 0.3) is 11.3 Å². The van der Waals surface area contributed by atoms with E-state index in [4.69, 9.17) is 22.1 Å². The van der Waals surface area contributed by atoms with E-state index >= 15 is 0 Å². The molecule has 144 valence electrons. The van der Waals surface area contributed by atoms with Crippen molar-refractivity contribution in [3.63, 3.8) is 0 Å². The minimum Gasteiger partial charge on any atom is -0.465 e. The summed E-state index contributed by atoms with van der Waals surface area (Å²) in [5, 5.41) is 10.1. The normalized spacial score (nSPS) is 10.5. The number of hydrogen-bond acceptors (Lipinski definition) is 6. The number of thiophene rings is 1. The maximum Gasteiger partial charge on any atom is 0.341 e. The summed E-state index contributed by atoms with van der Waals surface area (Å²) in [5.41, 5.74) is 7.28. The Morgan fingerprint density at radius 2 is 1.93 bits per heavy atom. The van der Waals surface area contributed by atoms with Crippen molar-refractivity contribution in [1.82, 2.24) is 10.2 Å². The number of halogens is 1. The largest absolute Gasteiger partial charge is 0.465 e. The molecule has 8 nitrogen and oxygen atoms in total. The lowest BCUT2D eigenvalue weighted by molar-refractivity contribution is 0.0601. The maximum absolute atomic E-state index is 12.6. The first-order valence-corrected chi connectivity index (χ1v) is 9.15. The van der Waals surface area contributed by atoms with Gasteiger partial charge in [0.15, 0.2) is 0 Å². The molecule has 1 aromatic carbocycles. The van der Waals surface area contributed by atoms with Crippen LogP contribution in [0.3, 0.4) is 0 Å². The van der Waals surface area contributed by atoms with Crippen molar-refractivity contribution < 1.29 is 19.1 Å². The number of nitrogens with zero attached hydrogens (tertiary/aromatic N) is 1. The number of aromatic nitrogens is 2. The van der Waals surface area contributed by atoms with Crippen molar-refractivity contribution in [1.29, 1.82) is 0 Å². The van der Waals surface area contributed by atoms with Crippen molar-refractivity contribution in [2.75, 3.05) is 12.4 Å². The van der Waals surface area contributed by atoms with Crippen LogP contribution in [0, 0.1) is 6.92 Å². The van der Waals surface area contributed by atoms with Crippen LogP contribution in [-0.2, 0) is 4.74 Å². The highest BCUT2D eigenvalue weighted by molar-refractivity contribution is 7.18. The number of ether oxygens (including phenoxy) is 1. The van der Waals surface area contributed by atoms with Gasteiger partial charge in [0, 0.05) is 10.6 Å². The van der Waals surface area contributed by atoms with E-state index in [-0.39, 0.29) is 21.1 Å². The van der Waals surface area contributed by atoms with Gasteiger partial charge in [0.25, 0.3) is 11.8 Å². The molecule has 2 amide bonds.